The first kappa shape index (κ1) is 20.3. The lowest BCUT2D eigenvalue weighted by Crippen LogP contribution is -2.03. The molecule has 1 heterocycles. The molecule has 4 rings (SSSR count). The third kappa shape index (κ3) is 4.45. The van der Waals surface area contributed by atoms with E-state index in [1.807, 2.05) is 36.4 Å². The van der Waals surface area contributed by atoms with Crippen LogP contribution in [-0.2, 0) is 0 Å². The molecule has 3 aromatic carbocycles. The molecule has 0 spiro atoms. The highest BCUT2D eigenvalue weighted by molar-refractivity contribution is 9.09. The monoisotopic (exact) mass is 481 g/mol. The number of nitrogens with one attached hydrogen (secondary N) is 1. The minimum atomic E-state index is -0.117. The molecular formula is C23H17BrClN3O2. The molecule has 0 amide bonds. The van der Waals surface area contributed by atoms with Gasteiger partial charge < -0.3 is 10.1 Å². The molecule has 0 radical (unpaired) electrons. The van der Waals surface area contributed by atoms with E-state index >= 15 is 0 Å². The molecule has 0 bridgehead atoms. The molecule has 0 aliphatic rings. The summed E-state index contributed by atoms with van der Waals surface area (Å²) in [4.78, 5) is 21.4. The zero-order valence-electron chi connectivity index (χ0n) is 15.8. The van der Waals surface area contributed by atoms with E-state index in [-0.39, 0.29) is 5.78 Å². The van der Waals surface area contributed by atoms with Crippen molar-refractivity contribution in [3.63, 3.8) is 0 Å². The zero-order chi connectivity index (χ0) is 20.9. The first-order valence-corrected chi connectivity index (χ1v) is 10.8. The van der Waals surface area contributed by atoms with Gasteiger partial charge in [-0.2, -0.15) is 0 Å². The third-order valence-corrected chi connectivity index (χ3v) is 5.10. The van der Waals surface area contributed by atoms with Gasteiger partial charge in [-0.15, -0.1) is 0 Å². The van der Waals surface area contributed by atoms with Crippen molar-refractivity contribution in [1.82, 2.24) is 9.97 Å². The van der Waals surface area contributed by atoms with Crippen LogP contribution in [0.25, 0.3) is 10.9 Å². The van der Waals surface area contributed by atoms with Gasteiger partial charge >= 0.3 is 0 Å². The lowest BCUT2D eigenvalue weighted by molar-refractivity contribution is 0.103. The summed E-state index contributed by atoms with van der Waals surface area (Å²) in [5.41, 5.74) is 2.56. The molecule has 30 heavy (non-hydrogen) atoms. The number of nitrogens with zero attached hydrogens (tertiary/aromatic N) is 2. The van der Waals surface area contributed by atoms with Gasteiger partial charge in [-0.3, -0.25) is 4.79 Å². The van der Waals surface area contributed by atoms with Crippen molar-refractivity contribution in [3.05, 3.63) is 89.2 Å². The predicted molar refractivity (Wildman–Crippen MR) is 123 cm³/mol. The number of rotatable bonds is 7. The molecular weight excluding hydrogens is 466 g/mol. The van der Waals surface area contributed by atoms with Crippen molar-refractivity contribution in [2.24, 2.45) is 0 Å². The van der Waals surface area contributed by atoms with Gasteiger partial charge in [-0.1, -0.05) is 57.9 Å². The van der Waals surface area contributed by atoms with E-state index in [1.54, 1.807) is 30.3 Å². The van der Waals surface area contributed by atoms with Crippen molar-refractivity contribution in [3.8, 4) is 5.75 Å². The summed E-state index contributed by atoms with van der Waals surface area (Å²) in [7, 11) is 0. The molecule has 1 aromatic heterocycles. The van der Waals surface area contributed by atoms with Gasteiger partial charge in [-0.25, -0.2) is 9.97 Å². The molecule has 4 aromatic rings. The van der Waals surface area contributed by atoms with Crippen LogP contribution in [0.4, 0.5) is 11.5 Å². The summed E-state index contributed by atoms with van der Waals surface area (Å²) >= 11 is 9.78. The normalized spacial score (nSPS) is 10.7. The van der Waals surface area contributed by atoms with Crippen LogP contribution < -0.4 is 10.1 Å². The molecule has 0 atom stereocenters. The maximum Gasteiger partial charge on any atom is 0.194 e. The van der Waals surface area contributed by atoms with Crippen molar-refractivity contribution < 1.29 is 9.53 Å². The number of carbonyl (C=O) groups excluding carboxylic acids is 1. The van der Waals surface area contributed by atoms with Crippen LogP contribution >= 0.6 is 27.5 Å². The highest BCUT2D eigenvalue weighted by Gasteiger charge is 2.14. The number of hydrogen-bond acceptors (Lipinski definition) is 5. The van der Waals surface area contributed by atoms with Crippen LogP contribution in [0.15, 0.2) is 73.1 Å². The molecule has 0 aliphatic carbocycles. The number of halogens is 2. The number of anilines is 2. The SMILES string of the molecule is O=C(c1ccccc1)c1ccc(Nc2ncnc3ccc(OCCBr)cc23)cc1Cl. The van der Waals surface area contributed by atoms with E-state index in [0.29, 0.717) is 28.6 Å². The van der Waals surface area contributed by atoms with Gasteiger partial charge in [-0.05, 0) is 36.4 Å². The van der Waals surface area contributed by atoms with E-state index in [9.17, 15) is 4.79 Å². The summed E-state index contributed by atoms with van der Waals surface area (Å²) < 4.78 is 5.68. The van der Waals surface area contributed by atoms with Crippen molar-refractivity contribution in [2.45, 2.75) is 0 Å². The van der Waals surface area contributed by atoms with Crippen LogP contribution in [-0.4, -0.2) is 27.7 Å². The fourth-order valence-electron chi connectivity index (χ4n) is 3.04. The van der Waals surface area contributed by atoms with Gasteiger partial charge in [0.15, 0.2) is 5.78 Å². The highest BCUT2D eigenvalue weighted by Crippen LogP contribution is 2.29. The highest BCUT2D eigenvalue weighted by atomic mass is 79.9. The third-order valence-electron chi connectivity index (χ3n) is 4.47. The Morgan fingerprint density at radius 1 is 1.03 bits per heavy atom. The van der Waals surface area contributed by atoms with Gasteiger partial charge in [0.05, 0.1) is 17.1 Å². The second-order valence-electron chi connectivity index (χ2n) is 6.45. The number of fused-ring (bicyclic) bond motifs is 1. The summed E-state index contributed by atoms with van der Waals surface area (Å²) in [5, 5.41) is 5.20. The Morgan fingerprint density at radius 3 is 2.63 bits per heavy atom. The van der Waals surface area contributed by atoms with Crippen molar-refractivity contribution >= 4 is 55.7 Å². The summed E-state index contributed by atoms with van der Waals surface area (Å²) in [6.07, 6.45) is 1.50. The number of alkyl halides is 1. The quantitative estimate of drug-likeness (QED) is 0.257. The van der Waals surface area contributed by atoms with Gasteiger partial charge in [0, 0.05) is 27.5 Å². The fourth-order valence-corrected chi connectivity index (χ4v) is 3.47. The molecule has 0 aliphatic heterocycles. The van der Waals surface area contributed by atoms with E-state index in [2.05, 4.69) is 31.2 Å². The molecule has 0 unspecified atom stereocenters. The number of benzene rings is 3. The zero-order valence-corrected chi connectivity index (χ0v) is 18.2. The Balaban J connectivity index is 1.62. The number of ketones is 1. The fraction of sp³-hybridized carbons (Fsp3) is 0.0870. The van der Waals surface area contributed by atoms with Crippen LogP contribution in [0, 0.1) is 0 Å². The first-order valence-electron chi connectivity index (χ1n) is 9.25. The lowest BCUT2D eigenvalue weighted by atomic mass is 10.0. The topological polar surface area (TPSA) is 64.1 Å². The van der Waals surface area contributed by atoms with Crippen LogP contribution in [0.5, 0.6) is 5.75 Å². The van der Waals surface area contributed by atoms with Crippen molar-refractivity contribution in [2.75, 3.05) is 17.3 Å². The van der Waals surface area contributed by atoms with Gasteiger partial charge in [0.25, 0.3) is 0 Å². The number of aromatic nitrogens is 2. The second kappa shape index (κ2) is 9.24. The molecule has 7 heteroatoms. The smallest absolute Gasteiger partial charge is 0.194 e. The average molecular weight is 483 g/mol. The lowest BCUT2D eigenvalue weighted by Gasteiger charge is -2.11. The van der Waals surface area contributed by atoms with E-state index in [1.165, 1.54) is 6.33 Å². The average Bonchev–Trinajstić information content (AvgIpc) is 2.78. The molecule has 1 N–H and O–H groups in total. The van der Waals surface area contributed by atoms with Crippen LogP contribution in [0.1, 0.15) is 15.9 Å². The number of ether oxygens (including phenoxy) is 1. The molecule has 150 valence electrons. The predicted octanol–water partition coefficient (Wildman–Crippen LogP) is 6.03. The molecule has 5 nitrogen and oxygen atoms in total. The summed E-state index contributed by atoms with van der Waals surface area (Å²) in [6, 6.07) is 20.0. The summed E-state index contributed by atoms with van der Waals surface area (Å²) in [6.45, 7) is 0.564. The minimum Gasteiger partial charge on any atom is -0.493 e. The number of hydrogen-bond donors (Lipinski definition) is 1. The molecule has 0 saturated heterocycles. The number of carbonyl (C=O) groups is 1. The van der Waals surface area contributed by atoms with Gasteiger partial charge in [0.2, 0.25) is 0 Å². The molecule has 0 saturated carbocycles. The second-order valence-corrected chi connectivity index (χ2v) is 7.65. The van der Waals surface area contributed by atoms with Gasteiger partial charge in [0.1, 0.15) is 17.9 Å². The Bertz CT molecular complexity index is 1200. The van der Waals surface area contributed by atoms with E-state index in [4.69, 9.17) is 16.3 Å². The molecule has 0 fully saturated rings. The van der Waals surface area contributed by atoms with Crippen LogP contribution in [0.2, 0.25) is 5.02 Å². The summed E-state index contributed by atoms with van der Waals surface area (Å²) in [5.74, 6) is 1.25. The first-order chi connectivity index (χ1) is 14.7. The van der Waals surface area contributed by atoms with E-state index < -0.39 is 0 Å². The van der Waals surface area contributed by atoms with Crippen LogP contribution in [0.3, 0.4) is 0 Å². The maximum absolute atomic E-state index is 12.7. The Hall–Kier alpha value is -2.96. The van der Waals surface area contributed by atoms with Crippen molar-refractivity contribution in [1.29, 1.82) is 0 Å². The van der Waals surface area contributed by atoms with E-state index in [0.717, 1.165) is 27.7 Å². The maximum atomic E-state index is 12.7. The largest absolute Gasteiger partial charge is 0.493 e. The Morgan fingerprint density at radius 2 is 1.87 bits per heavy atom. The Labute approximate surface area is 187 Å². The Kier molecular flexibility index (Phi) is 6.26. The standard InChI is InChI=1S/C23H17BrClN3O2/c24-10-11-30-17-7-9-21-19(13-17)23(27-14-26-21)28-16-6-8-18(20(25)12-16)22(29)15-4-2-1-3-5-15/h1-9,12-14H,10-11H2,(H,26,27,28). The minimum absolute atomic E-state index is 0.117.